The van der Waals surface area contributed by atoms with Gasteiger partial charge in [-0.15, -0.1) is 0 Å². The van der Waals surface area contributed by atoms with Gasteiger partial charge < -0.3 is 14.5 Å². The maximum Gasteiger partial charge on any atom is 0.0642 e. The summed E-state index contributed by atoms with van der Waals surface area (Å²) in [4.78, 5) is 4.83. The molecule has 0 aliphatic carbocycles. The maximum absolute atomic E-state index is 5.28. The monoisotopic (exact) mass is 324 g/mol. The molecular weight excluding hydrogens is 296 g/mol. The maximum atomic E-state index is 5.28. The van der Waals surface area contributed by atoms with E-state index in [4.69, 9.17) is 4.74 Å². The van der Waals surface area contributed by atoms with Crippen molar-refractivity contribution in [3.8, 4) is 0 Å². The second-order valence-corrected chi connectivity index (χ2v) is 6.32. The zero-order valence-corrected chi connectivity index (χ0v) is 14.4. The van der Waals surface area contributed by atoms with Gasteiger partial charge in [0.05, 0.1) is 13.2 Å². The minimum absolute atomic E-state index is 0.856. The highest BCUT2D eigenvalue weighted by Gasteiger charge is 2.10. The van der Waals surface area contributed by atoms with E-state index in [2.05, 4.69) is 64.4 Å². The molecule has 2 fully saturated rings. The molecule has 0 N–H and O–H groups in total. The number of ether oxygens (including phenoxy) is 1. The van der Waals surface area contributed by atoms with Crippen LogP contribution in [0.2, 0.25) is 0 Å². The summed E-state index contributed by atoms with van der Waals surface area (Å²) in [6.07, 6.45) is 4.12. The summed E-state index contributed by atoms with van der Waals surface area (Å²) in [6.45, 7) is 6.23. The van der Waals surface area contributed by atoms with E-state index in [1.807, 2.05) is 6.07 Å². The Balaban J connectivity index is 0.000000141. The minimum atomic E-state index is 0.856. The van der Waals surface area contributed by atoms with Crippen LogP contribution in [0.1, 0.15) is 19.3 Å². The van der Waals surface area contributed by atoms with Gasteiger partial charge in [-0.05, 0) is 43.5 Å². The smallest absolute Gasteiger partial charge is 0.0642 e. The number of rotatable bonds is 2. The molecule has 0 atom stereocenters. The molecule has 128 valence electrons. The van der Waals surface area contributed by atoms with Crippen LogP contribution in [0.25, 0.3) is 0 Å². The molecule has 2 aliphatic heterocycles. The van der Waals surface area contributed by atoms with Gasteiger partial charge in [-0.1, -0.05) is 36.4 Å². The molecule has 0 aromatic heterocycles. The molecule has 3 nitrogen and oxygen atoms in total. The Labute approximate surface area is 145 Å². The Hall–Kier alpha value is -2.00. The highest BCUT2D eigenvalue weighted by atomic mass is 16.5. The number of hydrogen-bond acceptors (Lipinski definition) is 3. The van der Waals surface area contributed by atoms with Gasteiger partial charge in [0, 0.05) is 37.6 Å². The van der Waals surface area contributed by atoms with Gasteiger partial charge in [0.15, 0.2) is 0 Å². The molecule has 2 saturated heterocycles. The van der Waals surface area contributed by atoms with Crippen LogP contribution in [-0.2, 0) is 4.74 Å². The average Bonchev–Trinajstić information content (AvgIpc) is 2.71. The van der Waals surface area contributed by atoms with E-state index in [1.54, 1.807) is 0 Å². The Bertz CT molecular complexity index is 507. The molecule has 2 aliphatic rings. The van der Waals surface area contributed by atoms with Crippen LogP contribution >= 0.6 is 0 Å². The quantitative estimate of drug-likeness (QED) is 0.823. The number of nitrogens with zero attached hydrogens (tertiary/aromatic N) is 2. The highest BCUT2D eigenvalue weighted by molar-refractivity contribution is 5.46. The van der Waals surface area contributed by atoms with Crippen molar-refractivity contribution in [2.75, 3.05) is 49.2 Å². The van der Waals surface area contributed by atoms with Crippen LogP contribution in [0.5, 0.6) is 0 Å². The van der Waals surface area contributed by atoms with E-state index in [0.29, 0.717) is 0 Å². The van der Waals surface area contributed by atoms with Gasteiger partial charge in [0.2, 0.25) is 0 Å². The van der Waals surface area contributed by atoms with Crippen molar-refractivity contribution >= 4 is 11.4 Å². The van der Waals surface area contributed by atoms with Crippen LogP contribution in [0.3, 0.4) is 0 Å². The Morgan fingerprint density at radius 1 is 0.542 bits per heavy atom. The second-order valence-electron chi connectivity index (χ2n) is 6.32. The molecule has 24 heavy (non-hydrogen) atoms. The molecule has 2 aromatic rings. The molecule has 0 radical (unpaired) electrons. The first-order valence-electron chi connectivity index (χ1n) is 9.11. The molecule has 0 bridgehead atoms. The van der Waals surface area contributed by atoms with Gasteiger partial charge in [-0.2, -0.15) is 0 Å². The summed E-state index contributed by atoms with van der Waals surface area (Å²) in [7, 11) is 0. The summed E-state index contributed by atoms with van der Waals surface area (Å²) >= 11 is 0. The summed E-state index contributed by atoms with van der Waals surface area (Å²) in [6, 6.07) is 21.2. The molecule has 0 unspecified atom stereocenters. The van der Waals surface area contributed by atoms with E-state index in [-0.39, 0.29) is 0 Å². The summed E-state index contributed by atoms with van der Waals surface area (Å²) in [5.74, 6) is 0. The van der Waals surface area contributed by atoms with Crippen LogP contribution in [0.15, 0.2) is 60.7 Å². The molecule has 4 rings (SSSR count). The van der Waals surface area contributed by atoms with E-state index in [0.717, 1.165) is 26.3 Å². The summed E-state index contributed by atoms with van der Waals surface area (Å²) < 4.78 is 5.28. The van der Waals surface area contributed by atoms with Crippen molar-refractivity contribution in [1.82, 2.24) is 0 Å². The van der Waals surface area contributed by atoms with Gasteiger partial charge in [0.25, 0.3) is 0 Å². The van der Waals surface area contributed by atoms with Crippen molar-refractivity contribution in [2.24, 2.45) is 0 Å². The standard InChI is InChI=1S/C11H15N.C10H13NO/c1-3-7-11(8-4-1)12-9-5-2-6-10-12;1-2-4-10(5-3-1)11-6-8-12-9-7-11/h1,3-4,7-8H,2,5-6,9-10H2;1-5H,6-9H2. The lowest BCUT2D eigenvalue weighted by Crippen LogP contribution is -2.36. The van der Waals surface area contributed by atoms with E-state index in [9.17, 15) is 0 Å². The van der Waals surface area contributed by atoms with Gasteiger partial charge in [-0.25, -0.2) is 0 Å². The van der Waals surface area contributed by atoms with Crippen molar-refractivity contribution in [3.05, 3.63) is 60.7 Å². The van der Waals surface area contributed by atoms with Crippen LogP contribution in [0.4, 0.5) is 11.4 Å². The topological polar surface area (TPSA) is 15.7 Å². The van der Waals surface area contributed by atoms with Crippen LogP contribution < -0.4 is 9.80 Å². The molecule has 0 spiro atoms. The zero-order valence-electron chi connectivity index (χ0n) is 14.4. The van der Waals surface area contributed by atoms with Gasteiger partial charge in [0.1, 0.15) is 0 Å². The first-order valence-corrected chi connectivity index (χ1v) is 9.11. The van der Waals surface area contributed by atoms with E-state index >= 15 is 0 Å². The zero-order chi connectivity index (χ0) is 16.5. The van der Waals surface area contributed by atoms with Gasteiger partial charge in [-0.3, -0.25) is 0 Å². The number of benzene rings is 2. The molecular formula is C21H28N2O. The molecule has 0 saturated carbocycles. The first kappa shape index (κ1) is 16.8. The molecule has 2 heterocycles. The van der Waals surface area contributed by atoms with Crippen molar-refractivity contribution < 1.29 is 4.74 Å². The number of hydrogen-bond donors (Lipinski definition) is 0. The Morgan fingerprint density at radius 2 is 1.00 bits per heavy atom. The summed E-state index contributed by atoms with van der Waals surface area (Å²) in [5, 5.41) is 0. The number of anilines is 2. The normalized spacial score (nSPS) is 17.8. The fourth-order valence-corrected chi connectivity index (χ4v) is 3.25. The highest BCUT2D eigenvalue weighted by Crippen LogP contribution is 2.18. The third kappa shape index (κ3) is 5.00. The summed E-state index contributed by atoms with van der Waals surface area (Å²) in [5.41, 5.74) is 2.69. The second kappa shape index (κ2) is 9.33. The largest absolute Gasteiger partial charge is 0.378 e. The molecule has 3 heteroatoms. The van der Waals surface area contributed by atoms with Crippen molar-refractivity contribution in [2.45, 2.75) is 19.3 Å². The third-order valence-corrected chi connectivity index (χ3v) is 4.61. The van der Waals surface area contributed by atoms with Crippen molar-refractivity contribution in [1.29, 1.82) is 0 Å². The lowest BCUT2D eigenvalue weighted by Gasteiger charge is -2.28. The number of piperidine rings is 1. The van der Waals surface area contributed by atoms with E-state index in [1.165, 1.54) is 43.7 Å². The van der Waals surface area contributed by atoms with Crippen molar-refractivity contribution in [3.63, 3.8) is 0 Å². The Kier molecular flexibility index (Phi) is 6.55. The number of para-hydroxylation sites is 2. The van der Waals surface area contributed by atoms with Crippen LogP contribution in [0, 0.1) is 0 Å². The average molecular weight is 324 g/mol. The van der Waals surface area contributed by atoms with Gasteiger partial charge >= 0.3 is 0 Å². The SMILES string of the molecule is c1ccc(N2CCCCC2)cc1.c1ccc(N2CCOCC2)cc1. The Morgan fingerprint density at radius 3 is 1.50 bits per heavy atom. The molecule has 2 aromatic carbocycles. The first-order chi connectivity index (χ1) is 11.9. The molecule has 0 amide bonds. The van der Waals surface area contributed by atoms with Crippen LogP contribution in [-0.4, -0.2) is 39.4 Å². The fourth-order valence-electron chi connectivity index (χ4n) is 3.25. The number of morpholine rings is 1. The predicted molar refractivity (Wildman–Crippen MR) is 102 cm³/mol. The fraction of sp³-hybridized carbons (Fsp3) is 0.429. The lowest BCUT2D eigenvalue weighted by atomic mass is 10.1. The lowest BCUT2D eigenvalue weighted by molar-refractivity contribution is 0.122. The predicted octanol–water partition coefficient (Wildman–Crippen LogP) is 4.20. The van der Waals surface area contributed by atoms with E-state index < -0.39 is 0 Å². The minimum Gasteiger partial charge on any atom is -0.378 e. The third-order valence-electron chi connectivity index (χ3n) is 4.61.